The number of hydrogen-bond donors (Lipinski definition) is 1. The largest absolute Gasteiger partial charge is 0.462 e. The first-order chi connectivity index (χ1) is 36.6. The molecule has 0 bridgehead atoms. The van der Waals surface area contributed by atoms with Crippen LogP contribution in [0, 0.1) is 0 Å². The van der Waals surface area contributed by atoms with Gasteiger partial charge in [0.25, 0.3) is 0 Å². The first kappa shape index (κ1) is 71.6. The van der Waals surface area contributed by atoms with Crippen LogP contribution in [0.4, 0.5) is 0 Å². The second-order valence-electron chi connectivity index (χ2n) is 22.2. The summed E-state index contributed by atoms with van der Waals surface area (Å²) in [7, 11) is 0. The number of aliphatic hydroxyl groups is 1. The summed E-state index contributed by atoms with van der Waals surface area (Å²) in [6, 6.07) is 0. The van der Waals surface area contributed by atoms with Crippen LogP contribution in [-0.2, 0) is 19.1 Å². The quantitative estimate of drug-likeness (QED) is 0.0373. The van der Waals surface area contributed by atoms with Crippen molar-refractivity contribution >= 4 is 11.9 Å². The number of hydrogen-bond acceptors (Lipinski definition) is 5. The first-order valence-corrected chi connectivity index (χ1v) is 32.8. The predicted octanol–water partition coefficient (Wildman–Crippen LogP) is 22.5. The Bertz CT molecular complexity index is 1260. The molecule has 0 aliphatic carbocycles. The molecule has 5 nitrogen and oxygen atoms in total. The van der Waals surface area contributed by atoms with Gasteiger partial charge in [-0.15, -0.1) is 0 Å². The molecular weight excluding hydrogens is 909 g/mol. The fourth-order valence-electron chi connectivity index (χ4n) is 9.94. The van der Waals surface area contributed by atoms with E-state index in [2.05, 4.69) is 74.6 Å². The van der Waals surface area contributed by atoms with Gasteiger partial charge in [0, 0.05) is 12.8 Å². The molecule has 0 rings (SSSR count). The Balaban J connectivity index is 3.39. The molecule has 1 atom stereocenters. The lowest BCUT2D eigenvalue weighted by atomic mass is 10.0. The predicted molar refractivity (Wildman–Crippen MR) is 325 cm³/mol. The molecule has 0 heterocycles. The smallest absolute Gasteiger partial charge is 0.306 e. The van der Waals surface area contributed by atoms with Crippen LogP contribution in [0.5, 0.6) is 0 Å². The van der Waals surface area contributed by atoms with Crippen molar-refractivity contribution in [3.05, 3.63) is 60.8 Å². The summed E-state index contributed by atoms with van der Waals surface area (Å²) in [4.78, 5) is 24.6. The fourth-order valence-corrected chi connectivity index (χ4v) is 9.94. The maximum Gasteiger partial charge on any atom is 0.306 e. The molecule has 0 aliphatic heterocycles. The van der Waals surface area contributed by atoms with Gasteiger partial charge < -0.3 is 14.6 Å². The van der Waals surface area contributed by atoms with Crippen LogP contribution >= 0.6 is 0 Å². The molecule has 0 saturated carbocycles. The Hall–Kier alpha value is -2.40. The molecule has 0 radical (unpaired) electrons. The molecule has 74 heavy (non-hydrogen) atoms. The minimum atomic E-state index is -0.785. The number of aliphatic hydroxyl groups excluding tert-OH is 1. The van der Waals surface area contributed by atoms with Crippen LogP contribution in [0.1, 0.15) is 348 Å². The van der Waals surface area contributed by atoms with Gasteiger partial charge in [0.1, 0.15) is 6.61 Å². The highest BCUT2D eigenvalue weighted by Gasteiger charge is 2.16. The summed E-state index contributed by atoms with van der Waals surface area (Å²) < 4.78 is 10.7. The van der Waals surface area contributed by atoms with E-state index in [0.29, 0.717) is 12.8 Å². The minimum Gasteiger partial charge on any atom is -0.462 e. The molecule has 5 heteroatoms. The summed E-state index contributed by atoms with van der Waals surface area (Å²) in [5.41, 5.74) is 0. The van der Waals surface area contributed by atoms with Crippen LogP contribution < -0.4 is 0 Å². The SMILES string of the molecule is CC/C=C\C/C=C\C/C=C\C/C=C\C/C=C\CCCCCCCC(=O)OC(CO)COC(=O)CCCCCCCCCCCCCCCCCCCCCCCCCCCCCCCCCCCCCCCCC. The van der Waals surface area contributed by atoms with Crippen molar-refractivity contribution < 1.29 is 24.2 Å². The number of carbonyl (C=O) groups is 2. The van der Waals surface area contributed by atoms with Gasteiger partial charge in [-0.3, -0.25) is 9.59 Å². The van der Waals surface area contributed by atoms with Gasteiger partial charge in [-0.2, -0.15) is 0 Å². The van der Waals surface area contributed by atoms with Crippen LogP contribution in [0.3, 0.4) is 0 Å². The number of carbonyl (C=O) groups excluding carboxylic acids is 2. The average molecular weight is 1040 g/mol. The van der Waals surface area contributed by atoms with Crippen LogP contribution in [0.15, 0.2) is 60.8 Å². The highest BCUT2D eigenvalue weighted by molar-refractivity contribution is 5.70. The molecule has 0 fully saturated rings. The van der Waals surface area contributed by atoms with E-state index in [4.69, 9.17) is 9.47 Å². The number of ether oxygens (including phenoxy) is 2. The van der Waals surface area contributed by atoms with E-state index in [-0.39, 0.29) is 25.2 Å². The van der Waals surface area contributed by atoms with E-state index in [1.165, 1.54) is 231 Å². The standard InChI is InChI=1S/C69H126O5/c1-3-5-7-9-11-13-15-17-19-21-23-25-26-27-28-29-30-31-32-33-34-35-36-37-38-39-40-41-42-44-45-47-49-51-53-55-57-59-61-63-68(71)73-66-67(65-70)74-69(72)64-62-60-58-56-54-52-50-48-46-43-24-22-20-18-16-14-12-10-8-6-4-2/h6,8,12,14,18,20,24,43,48,50,67,70H,3-5,7,9-11,13,15-17,19,21-23,25-42,44-47,49,51-66H2,1-2H3/b8-6-,14-12-,20-18-,43-24-,50-48-. The third-order valence-corrected chi connectivity index (χ3v) is 14.8. The number of unbranched alkanes of at least 4 members (excludes halogenated alkanes) is 43. The lowest BCUT2D eigenvalue weighted by Gasteiger charge is -2.15. The maximum absolute atomic E-state index is 12.3. The van der Waals surface area contributed by atoms with E-state index >= 15 is 0 Å². The average Bonchev–Trinajstić information content (AvgIpc) is 3.40. The van der Waals surface area contributed by atoms with Crippen molar-refractivity contribution in [2.24, 2.45) is 0 Å². The summed E-state index contributed by atoms with van der Waals surface area (Å²) in [5, 5.41) is 9.66. The summed E-state index contributed by atoms with van der Waals surface area (Å²) in [6.07, 6.45) is 88.3. The highest BCUT2D eigenvalue weighted by atomic mass is 16.6. The van der Waals surface area contributed by atoms with Crippen LogP contribution in [0.2, 0.25) is 0 Å². The van der Waals surface area contributed by atoms with Crippen LogP contribution in [-0.4, -0.2) is 36.4 Å². The second kappa shape index (κ2) is 64.9. The number of rotatable bonds is 61. The van der Waals surface area contributed by atoms with Crippen molar-refractivity contribution in [3.63, 3.8) is 0 Å². The Labute approximate surface area is 461 Å². The molecule has 0 aromatic carbocycles. The van der Waals surface area contributed by atoms with Gasteiger partial charge in [0.15, 0.2) is 6.10 Å². The number of allylic oxidation sites excluding steroid dienone is 10. The lowest BCUT2D eigenvalue weighted by Crippen LogP contribution is -2.28. The summed E-state index contributed by atoms with van der Waals surface area (Å²) in [6.45, 7) is 4.05. The highest BCUT2D eigenvalue weighted by Crippen LogP contribution is 2.18. The fraction of sp³-hybridized carbons (Fsp3) is 0.826. The Morgan fingerprint density at radius 2 is 0.581 bits per heavy atom. The third-order valence-electron chi connectivity index (χ3n) is 14.8. The van der Waals surface area contributed by atoms with Crippen LogP contribution in [0.25, 0.3) is 0 Å². The van der Waals surface area contributed by atoms with E-state index in [0.717, 1.165) is 89.9 Å². The van der Waals surface area contributed by atoms with Crippen molar-refractivity contribution in [1.82, 2.24) is 0 Å². The monoisotopic (exact) mass is 1030 g/mol. The maximum atomic E-state index is 12.3. The van der Waals surface area contributed by atoms with E-state index < -0.39 is 6.10 Å². The van der Waals surface area contributed by atoms with Gasteiger partial charge in [-0.25, -0.2) is 0 Å². The van der Waals surface area contributed by atoms with Gasteiger partial charge in [-0.05, 0) is 57.8 Å². The second-order valence-corrected chi connectivity index (χ2v) is 22.2. The van der Waals surface area contributed by atoms with Gasteiger partial charge in [-0.1, -0.05) is 338 Å². The molecule has 0 aromatic rings. The third kappa shape index (κ3) is 62.1. The topological polar surface area (TPSA) is 72.8 Å². The zero-order valence-corrected chi connectivity index (χ0v) is 49.6. The zero-order valence-electron chi connectivity index (χ0n) is 49.6. The van der Waals surface area contributed by atoms with Crippen molar-refractivity contribution in [2.75, 3.05) is 13.2 Å². The van der Waals surface area contributed by atoms with E-state index in [1.54, 1.807) is 0 Å². The molecule has 1 N–H and O–H groups in total. The molecular formula is C69H126O5. The van der Waals surface area contributed by atoms with Gasteiger partial charge in [0.2, 0.25) is 0 Å². The van der Waals surface area contributed by atoms with Crippen molar-refractivity contribution in [2.45, 2.75) is 354 Å². The van der Waals surface area contributed by atoms with Gasteiger partial charge >= 0.3 is 11.9 Å². The molecule has 0 aromatic heterocycles. The zero-order chi connectivity index (χ0) is 53.4. The molecule has 0 spiro atoms. The molecule has 0 saturated heterocycles. The van der Waals surface area contributed by atoms with Gasteiger partial charge in [0.05, 0.1) is 6.61 Å². The Kier molecular flexibility index (Phi) is 62.8. The number of esters is 2. The summed E-state index contributed by atoms with van der Waals surface area (Å²) in [5.74, 6) is -0.600. The Morgan fingerprint density at radius 1 is 0.324 bits per heavy atom. The summed E-state index contributed by atoms with van der Waals surface area (Å²) >= 11 is 0. The molecule has 432 valence electrons. The first-order valence-electron chi connectivity index (χ1n) is 32.8. The molecule has 0 amide bonds. The minimum absolute atomic E-state index is 0.0728. The van der Waals surface area contributed by atoms with E-state index in [1.807, 2.05) is 0 Å². The van der Waals surface area contributed by atoms with E-state index in [9.17, 15) is 14.7 Å². The lowest BCUT2D eigenvalue weighted by molar-refractivity contribution is -0.161. The molecule has 0 aliphatic rings. The molecule has 1 unspecified atom stereocenters. The normalized spacial score (nSPS) is 12.5. The van der Waals surface area contributed by atoms with Crippen molar-refractivity contribution in [1.29, 1.82) is 0 Å². The van der Waals surface area contributed by atoms with Crippen molar-refractivity contribution in [3.8, 4) is 0 Å². The Morgan fingerprint density at radius 3 is 0.878 bits per heavy atom.